The molecular weight excluding hydrogens is 403 g/mol. The van der Waals surface area contributed by atoms with E-state index in [4.69, 9.17) is 25.8 Å². The van der Waals surface area contributed by atoms with Crippen LogP contribution in [0.2, 0.25) is 0 Å². The highest BCUT2D eigenvalue weighted by molar-refractivity contribution is 14.1. The molecule has 0 aliphatic rings. The van der Waals surface area contributed by atoms with Crippen LogP contribution in [0.25, 0.3) is 0 Å². The first-order valence-corrected chi connectivity index (χ1v) is 7.97. The first-order valence-electron chi connectivity index (χ1n) is 6.36. The molecule has 0 spiro atoms. The Labute approximate surface area is 143 Å². The zero-order valence-electron chi connectivity index (χ0n) is 11.9. The number of hydrogen-bond donors (Lipinski definition) is 0. The van der Waals surface area contributed by atoms with Crippen LogP contribution in [0.4, 0.5) is 0 Å². The van der Waals surface area contributed by atoms with Gasteiger partial charge in [-0.2, -0.15) is 0 Å². The molecule has 0 aromatic heterocycles. The number of hydrogen-bond acceptors (Lipinski definition) is 3. The maximum atomic E-state index is 5.88. The average molecular weight is 419 g/mol. The quantitative estimate of drug-likeness (QED) is 0.506. The third-order valence-corrected chi connectivity index (χ3v) is 4.00. The molecule has 0 heterocycles. The van der Waals surface area contributed by atoms with Crippen LogP contribution in [0.1, 0.15) is 11.1 Å². The van der Waals surface area contributed by atoms with E-state index in [-0.39, 0.29) is 0 Å². The highest BCUT2D eigenvalue weighted by atomic mass is 127. The van der Waals surface area contributed by atoms with E-state index in [0.29, 0.717) is 29.7 Å². The highest BCUT2D eigenvalue weighted by Crippen LogP contribution is 2.39. The van der Waals surface area contributed by atoms with Crippen molar-refractivity contribution in [2.75, 3.05) is 14.2 Å². The normalized spacial score (nSPS) is 10.3. The van der Waals surface area contributed by atoms with Crippen molar-refractivity contribution in [2.45, 2.75) is 12.5 Å². The average Bonchev–Trinajstić information content (AvgIpc) is 2.53. The molecule has 0 saturated heterocycles. The van der Waals surface area contributed by atoms with Gasteiger partial charge in [-0.15, -0.1) is 11.6 Å². The zero-order chi connectivity index (χ0) is 15.2. The molecule has 0 saturated carbocycles. The number of benzene rings is 2. The topological polar surface area (TPSA) is 27.7 Å². The predicted molar refractivity (Wildman–Crippen MR) is 92.6 cm³/mol. The number of ether oxygens (including phenoxy) is 3. The summed E-state index contributed by atoms with van der Waals surface area (Å²) in [5.74, 6) is 2.22. The summed E-state index contributed by atoms with van der Waals surface area (Å²) in [6.07, 6.45) is 0. The lowest BCUT2D eigenvalue weighted by Gasteiger charge is -2.15. The largest absolute Gasteiger partial charge is 0.493 e. The Balaban J connectivity index is 2.23. The number of alkyl halides is 1. The van der Waals surface area contributed by atoms with Gasteiger partial charge in [0.2, 0.25) is 5.75 Å². The number of rotatable bonds is 6. The Bertz CT molecular complexity index is 574. The molecule has 0 amide bonds. The van der Waals surface area contributed by atoms with Crippen molar-refractivity contribution < 1.29 is 14.2 Å². The lowest BCUT2D eigenvalue weighted by Crippen LogP contribution is -2.01. The Kier molecular flexibility index (Phi) is 5.99. The lowest BCUT2D eigenvalue weighted by molar-refractivity contribution is 0.265. The molecule has 2 aromatic rings. The maximum absolute atomic E-state index is 5.88. The molecule has 0 aliphatic carbocycles. The van der Waals surface area contributed by atoms with Crippen LogP contribution < -0.4 is 14.2 Å². The van der Waals surface area contributed by atoms with Gasteiger partial charge in [-0.3, -0.25) is 0 Å². The smallest absolute Gasteiger partial charge is 0.203 e. The summed E-state index contributed by atoms with van der Waals surface area (Å²) >= 11 is 8.15. The monoisotopic (exact) mass is 418 g/mol. The first-order chi connectivity index (χ1) is 10.2. The van der Waals surface area contributed by atoms with Gasteiger partial charge >= 0.3 is 0 Å². The second-order valence-electron chi connectivity index (χ2n) is 4.38. The van der Waals surface area contributed by atoms with Crippen molar-refractivity contribution in [1.82, 2.24) is 0 Å². The minimum atomic E-state index is 0.393. The summed E-state index contributed by atoms with van der Waals surface area (Å²) < 4.78 is 17.8. The van der Waals surface area contributed by atoms with E-state index in [9.17, 15) is 0 Å². The van der Waals surface area contributed by atoms with Gasteiger partial charge < -0.3 is 14.2 Å². The summed E-state index contributed by atoms with van der Waals surface area (Å²) in [7, 11) is 3.20. The molecule has 0 atom stereocenters. The maximum Gasteiger partial charge on any atom is 0.203 e. The minimum absolute atomic E-state index is 0.393. The fourth-order valence-corrected chi connectivity index (χ4v) is 2.40. The molecule has 0 bridgehead atoms. The zero-order valence-corrected chi connectivity index (χ0v) is 14.8. The van der Waals surface area contributed by atoms with Gasteiger partial charge in [-0.1, -0.05) is 12.1 Å². The predicted octanol–water partition coefficient (Wildman–Crippen LogP) is 4.63. The third-order valence-electron chi connectivity index (χ3n) is 2.97. The number of halogens is 2. The number of methoxy groups -OCH3 is 2. The SMILES string of the molecule is COc1cc(CCl)cc(OC)c1OCc1ccc(I)cc1. The second-order valence-corrected chi connectivity index (χ2v) is 5.89. The third kappa shape index (κ3) is 4.17. The summed E-state index contributed by atoms with van der Waals surface area (Å²) in [5.41, 5.74) is 2.01. The van der Waals surface area contributed by atoms with Gasteiger partial charge in [0.05, 0.1) is 14.2 Å². The summed E-state index contributed by atoms with van der Waals surface area (Å²) in [4.78, 5) is 0. The summed E-state index contributed by atoms with van der Waals surface area (Å²) in [6.45, 7) is 0.448. The Morgan fingerprint density at radius 3 is 2.00 bits per heavy atom. The van der Waals surface area contributed by atoms with E-state index in [0.717, 1.165) is 11.1 Å². The Morgan fingerprint density at radius 1 is 0.952 bits per heavy atom. The summed E-state index contributed by atoms with van der Waals surface area (Å²) in [6, 6.07) is 11.9. The van der Waals surface area contributed by atoms with Crippen LogP contribution in [0.15, 0.2) is 36.4 Å². The molecule has 0 radical (unpaired) electrons. The van der Waals surface area contributed by atoms with Crippen LogP contribution >= 0.6 is 34.2 Å². The van der Waals surface area contributed by atoms with E-state index in [1.807, 2.05) is 36.4 Å². The summed E-state index contributed by atoms with van der Waals surface area (Å²) in [5, 5.41) is 0. The van der Waals surface area contributed by atoms with Crippen molar-refractivity contribution in [1.29, 1.82) is 0 Å². The van der Waals surface area contributed by atoms with Crippen LogP contribution in [-0.4, -0.2) is 14.2 Å². The first kappa shape index (κ1) is 16.2. The van der Waals surface area contributed by atoms with Gasteiger partial charge in [-0.25, -0.2) is 0 Å². The van der Waals surface area contributed by atoms with Crippen LogP contribution in [0, 0.1) is 3.57 Å². The minimum Gasteiger partial charge on any atom is -0.493 e. The molecule has 0 N–H and O–H groups in total. The Morgan fingerprint density at radius 2 is 1.52 bits per heavy atom. The van der Waals surface area contributed by atoms with Gasteiger partial charge in [0.25, 0.3) is 0 Å². The molecular formula is C16H16ClIO3. The molecule has 0 fully saturated rings. The van der Waals surface area contributed by atoms with Gasteiger partial charge in [-0.05, 0) is 58.0 Å². The van der Waals surface area contributed by atoms with E-state index in [1.54, 1.807) is 14.2 Å². The second kappa shape index (κ2) is 7.75. The molecule has 0 aliphatic heterocycles. The van der Waals surface area contributed by atoms with Gasteiger partial charge in [0.15, 0.2) is 11.5 Å². The molecule has 21 heavy (non-hydrogen) atoms. The molecule has 5 heteroatoms. The fourth-order valence-electron chi connectivity index (χ4n) is 1.89. The van der Waals surface area contributed by atoms with Crippen molar-refractivity contribution in [3.63, 3.8) is 0 Å². The molecule has 3 nitrogen and oxygen atoms in total. The van der Waals surface area contributed by atoms with Gasteiger partial charge in [0, 0.05) is 9.45 Å². The van der Waals surface area contributed by atoms with E-state index in [2.05, 4.69) is 22.6 Å². The van der Waals surface area contributed by atoms with Crippen LogP contribution in [0.5, 0.6) is 17.2 Å². The van der Waals surface area contributed by atoms with Gasteiger partial charge in [0.1, 0.15) is 6.61 Å². The highest BCUT2D eigenvalue weighted by Gasteiger charge is 2.14. The van der Waals surface area contributed by atoms with Crippen LogP contribution in [0.3, 0.4) is 0 Å². The standard InChI is InChI=1S/C16H16ClIO3/c1-19-14-7-12(9-17)8-15(20-2)16(14)21-10-11-3-5-13(18)6-4-11/h3-8H,9-10H2,1-2H3. The Hall–Kier alpha value is -1.14. The van der Waals surface area contributed by atoms with E-state index in [1.165, 1.54) is 3.57 Å². The lowest BCUT2D eigenvalue weighted by atomic mass is 10.2. The molecule has 0 unspecified atom stereocenters. The van der Waals surface area contributed by atoms with Crippen molar-refractivity contribution >= 4 is 34.2 Å². The van der Waals surface area contributed by atoms with Crippen molar-refractivity contribution in [3.05, 3.63) is 51.1 Å². The van der Waals surface area contributed by atoms with Crippen LogP contribution in [-0.2, 0) is 12.5 Å². The van der Waals surface area contributed by atoms with E-state index >= 15 is 0 Å². The molecule has 112 valence electrons. The fraction of sp³-hybridized carbons (Fsp3) is 0.250. The van der Waals surface area contributed by atoms with E-state index < -0.39 is 0 Å². The van der Waals surface area contributed by atoms with Crippen molar-refractivity contribution in [3.8, 4) is 17.2 Å². The molecule has 2 aromatic carbocycles. The van der Waals surface area contributed by atoms with Crippen molar-refractivity contribution in [2.24, 2.45) is 0 Å². The molecule has 2 rings (SSSR count).